The average molecular weight is 240 g/mol. The third-order valence-electron chi connectivity index (χ3n) is 2.86. The first kappa shape index (κ1) is 10.4. The van der Waals surface area contributed by atoms with Gasteiger partial charge in [-0.25, -0.2) is 0 Å². The van der Waals surface area contributed by atoms with Gasteiger partial charge in [0.1, 0.15) is 5.75 Å². The van der Waals surface area contributed by atoms with Crippen LogP contribution in [0.2, 0.25) is 0 Å². The summed E-state index contributed by atoms with van der Waals surface area (Å²) < 4.78 is 5.18. The Bertz CT molecular complexity index is 637. The SMILES string of the molecule is COc1ccc(-c2scc3ccccc23)cc1. The fourth-order valence-corrected chi connectivity index (χ4v) is 2.99. The van der Waals surface area contributed by atoms with Crippen LogP contribution < -0.4 is 4.74 Å². The predicted molar refractivity (Wildman–Crippen MR) is 73.8 cm³/mol. The maximum Gasteiger partial charge on any atom is 0.118 e. The van der Waals surface area contributed by atoms with Crippen molar-refractivity contribution in [3.63, 3.8) is 0 Å². The Kier molecular flexibility index (Phi) is 2.57. The Morgan fingerprint density at radius 3 is 2.47 bits per heavy atom. The second-order valence-corrected chi connectivity index (χ2v) is 4.76. The van der Waals surface area contributed by atoms with Crippen LogP contribution >= 0.6 is 11.3 Å². The molecule has 0 N–H and O–H groups in total. The van der Waals surface area contributed by atoms with Crippen LogP contribution in [0.3, 0.4) is 0 Å². The summed E-state index contributed by atoms with van der Waals surface area (Å²) in [5.74, 6) is 0.898. The quantitative estimate of drug-likeness (QED) is 0.637. The molecule has 2 heteroatoms. The minimum absolute atomic E-state index is 0.898. The lowest BCUT2D eigenvalue weighted by Crippen LogP contribution is -1.81. The maximum atomic E-state index is 5.18. The highest BCUT2D eigenvalue weighted by Gasteiger charge is 2.05. The summed E-state index contributed by atoms with van der Waals surface area (Å²) in [5.41, 5.74) is 1.25. The number of fused-ring (bicyclic) bond motifs is 1. The summed E-state index contributed by atoms with van der Waals surface area (Å²) in [6, 6.07) is 16.7. The van der Waals surface area contributed by atoms with Crippen molar-refractivity contribution in [2.24, 2.45) is 0 Å². The Labute approximate surface area is 104 Å². The monoisotopic (exact) mass is 240 g/mol. The number of hydrogen-bond donors (Lipinski definition) is 0. The summed E-state index contributed by atoms with van der Waals surface area (Å²) >= 11 is 1.79. The van der Waals surface area contributed by atoms with E-state index in [-0.39, 0.29) is 0 Å². The first-order valence-electron chi connectivity index (χ1n) is 5.49. The van der Waals surface area contributed by atoms with Gasteiger partial charge in [-0.15, -0.1) is 11.3 Å². The number of rotatable bonds is 2. The van der Waals surface area contributed by atoms with Crippen LogP contribution in [0.5, 0.6) is 5.75 Å². The van der Waals surface area contributed by atoms with Crippen LogP contribution in [0.15, 0.2) is 53.9 Å². The van der Waals surface area contributed by atoms with Crippen molar-refractivity contribution in [2.45, 2.75) is 0 Å². The van der Waals surface area contributed by atoms with Crippen LogP contribution in [0.1, 0.15) is 0 Å². The molecule has 0 unspecified atom stereocenters. The van der Waals surface area contributed by atoms with Gasteiger partial charge in [0.15, 0.2) is 0 Å². The number of methoxy groups -OCH3 is 1. The van der Waals surface area contributed by atoms with Crippen molar-refractivity contribution in [1.82, 2.24) is 0 Å². The van der Waals surface area contributed by atoms with E-state index in [1.165, 1.54) is 21.2 Å². The molecule has 17 heavy (non-hydrogen) atoms. The highest BCUT2D eigenvalue weighted by molar-refractivity contribution is 7.15. The molecule has 3 rings (SSSR count). The molecule has 3 aromatic rings. The second-order valence-electron chi connectivity index (χ2n) is 3.88. The van der Waals surface area contributed by atoms with E-state index in [1.807, 2.05) is 12.1 Å². The molecule has 0 aliphatic carbocycles. The molecule has 0 saturated carbocycles. The first-order chi connectivity index (χ1) is 8.38. The smallest absolute Gasteiger partial charge is 0.118 e. The lowest BCUT2D eigenvalue weighted by atomic mass is 10.1. The molecule has 0 spiro atoms. The maximum absolute atomic E-state index is 5.18. The van der Waals surface area contributed by atoms with Crippen LogP contribution in [-0.4, -0.2) is 7.11 Å². The number of benzene rings is 2. The number of hydrogen-bond acceptors (Lipinski definition) is 2. The van der Waals surface area contributed by atoms with Gasteiger partial charge in [-0.3, -0.25) is 0 Å². The van der Waals surface area contributed by atoms with Crippen molar-refractivity contribution in [3.8, 4) is 16.2 Å². The van der Waals surface area contributed by atoms with E-state index in [0.717, 1.165) is 5.75 Å². The zero-order valence-electron chi connectivity index (χ0n) is 9.51. The topological polar surface area (TPSA) is 9.23 Å². The Morgan fingerprint density at radius 2 is 1.71 bits per heavy atom. The molecule has 0 aliphatic rings. The van der Waals surface area contributed by atoms with Gasteiger partial charge >= 0.3 is 0 Å². The molecule has 0 atom stereocenters. The van der Waals surface area contributed by atoms with Crippen LogP contribution in [0, 0.1) is 0 Å². The van der Waals surface area contributed by atoms with Gasteiger partial charge in [-0.2, -0.15) is 0 Å². The molecule has 1 aromatic heterocycles. The van der Waals surface area contributed by atoms with Crippen LogP contribution in [-0.2, 0) is 0 Å². The minimum atomic E-state index is 0.898. The molecule has 0 aliphatic heterocycles. The van der Waals surface area contributed by atoms with E-state index in [9.17, 15) is 0 Å². The van der Waals surface area contributed by atoms with Crippen molar-refractivity contribution in [2.75, 3.05) is 7.11 Å². The van der Waals surface area contributed by atoms with Crippen molar-refractivity contribution in [3.05, 3.63) is 53.9 Å². The lowest BCUT2D eigenvalue weighted by molar-refractivity contribution is 0.415. The Balaban J connectivity index is 2.13. The molecule has 0 amide bonds. The van der Waals surface area contributed by atoms with E-state index in [2.05, 4.69) is 41.8 Å². The molecule has 1 nitrogen and oxygen atoms in total. The van der Waals surface area contributed by atoms with Crippen molar-refractivity contribution >= 4 is 22.1 Å². The zero-order valence-corrected chi connectivity index (χ0v) is 10.3. The molecular formula is C15H12OS. The summed E-state index contributed by atoms with van der Waals surface area (Å²) in [6.45, 7) is 0. The Hall–Kier alpha value is -1.80. The molecule has 0 radical (unpaired) electrons. The minimum Gasteiger partial charge on any atom is -0.497 e. The van der Waals surface area contributed by atoms with Crippen molar-refractivity contribution < 1.29 is 4.74 Å². The lowest BCUT2D eigenvalue weighted by Gasteiger charge is -2.02. The molecule has 2 aromatic carbocycles. The predicted octanol–water partition coefficient (Wildman–Crippen LogP) is 4.58. The summed E-state index contributed by atoms with van der Waals surface area (Å²) in [6.07, 6.45) is 0. The molecule has 84 valence electrons. The van der Waals surface area contributed by atoms with Gasteiger partial charge in [-0.1, -0.05) is 24.3 Å². The third-order valence-corrected chi connectivity index (χ3v) is 3.92. The van der Waals surface area contributed by atoms with E-state index >= 15 is 0 Å². The van der Waals surface area contributed by atoms with Crippen LogP contribution in [0.25, 0.3) is 21.2 Å². The third kappa shape index (κ3) is 1.81. The summed E-state index contributed by atoms with van der Waals surface area (Å²) in [5, 5.41) is 4.83. The van der Waals surface area contributed by atoms with Gasteiger partial charge in [0.25, 0.3) is 0 Å². The largest absolute Gasteiger partial charge is 0.497 e. The molecular weight excluding hydrogens is 228 g/mol. The Morgan fingerprint density at radius 1 is 0.941 bits per heavy atom. The molecule has 0 saturated heterocycles. The summed E-state index contributed by atoms with van der Waals surface area (Å²) in [7, 11) is 1.69. The van der Waals surface area contributed by atoms with Gasteiger partial charge in [0.2, 0.25) is 0 Å². The highest BCUT2D eigenvalue weighted by Crippen LogP contribution is 2.35. The fraction of sp³-hybridized carbons (Fsp3) is 0.0667. The van der Waals surface area contributed by atoms with Crippen molar-refractivity contribution in [1.29, 1.82) is 0 Å². The second kappa shape index (κ2) is 4.22. The van der Waals surface area contributed by atoms with Crippen LogP contribution in [0.4, 0.5) is 0 Å². The van der Waals surface area contributed by atoms with E-state index < -0.39 is 0 Å². The van der Waals surface area contributed by atoms with Gasteiger partial charge in [-0.05, 0) is 40.6 Å². The zero-order chi connectivity index (χ0) is 11.7. The standard InChI is InChI=1S/C15H12OS/c1-16-13-8-6-11(7-9-13)15-14-5-3-2-4-12(14)10-17-15/h2-10H,1H3. The summed E-state index contributed by atoms with van der Waals surface area (Å²) in [4.78, 5) is 1.32. The molecule has 1 heterocycles. The van der Waals surface area contributed by atoms with Gasteiger partial charge in [0, 0.05) is 10.3 Å². The van der Waals surface area contributed by atoms with Gasteiger partial charge in [0.05, 0.1) is 7.11 Å². The molecule has 0 fully saturated rings. The van der Waals surface area contributed by atoms with E-state index in [0.29, 0.717) is 0 Å². The number of thiophene rings is 1. The average Bonchev–Trinajstić information content (AvgIpc) is 2.83. The molecule has 0 bridgehead atoms. The first-order valence-corrected chi connectivity index (χ1v) is 6.37. The van der Waals surface area contributed by atoms with E-state index in [4.69, 9.17) is 4.74 Å². The van der Waals surface area contributed by atoms with Gasteiger partial charge < -0.3 is 4.74 Å². The number of ether oxygens (including phenoxy) is 1. The van der Waals surface area contributed by atoms with E-state index in [1.54, 1.807) is 18.4 Å². The normalized spacial score (nSPS) is 10.6. The fourth-order valence-electron chi connectivity index (χ4n) is 1.96. The highest BCUT2D eigenvalue weighted by atomic mass is 32.1.